The highest BCUT2D eigenvalue weighted by atomic mass is 32.2. The molecule has 1 aliphatic heterocycles. The van der Waals surface area contributed by atoms with Crippen LogP contribution >= 0.6 is 0 Å². The number of carbonyl (C=O) groups is 2. The van der Waals surface area contributed by atoms with E-state index in [1.54, 1.807) is 6.92 Å². The highest BCUT2D eigenvalue weighted by Gasteiger charge is 2.51. The summed E-state index contributed by atoms with van der Waals surface area (Å²) in [5.74, 6) is -2.58. The van der Waals surface area contributed by atoms with E-state index in [9.17, 15) is 48.7 Å². The summed E-state index contributed by atoms with van der Waals surface area (Å²) in [6, 6.07) is 4.60. The van der Waals surface area contributed by atoms with Crippen molar-refractivity contribution >= 4 is 33.5 Å². The van der Waals surface area contributed by atoms with Crippen molar-refractivity contribution in [3.05, 3.63) is 47.8 Å². The average molecular weight is 659 g/mol. The first-order valence-corrected chi connectivity index (χ1v) is 13.8. The van der Waals surface area contributed by atoms with Gasteiger partial charge in [0, 0.05) is 5.69 Å². The normalized spacial score (nSPS) is 13.9. The number of aliphatic carboxylic acids is 1. The lowest BCUT2D eigenvalue weighted by Crippen LogP contribution is -2.44. The summed E-state index contributed by atoms with van der Waals surface area (Å²) in [7, 11) is -4.67. The Bertz CT molecular complexity index is 1460. The number of alkyl halides is 6. The van der Waals surface area contributed by atoms with Crippen LogP contribution in [0.15, 0.2) is 41.3 Å². The molecule has 0 aliphatic carbocycles. The third-order valence-electron chi connectivity index (χ3n) is 5.92. The van der Waals surface area contributed by atoms with Gasteiger partial charge in [-0.15, -0.1) is 12.8 Å². The number of terminal acetylenes is 1. The second kappa shape index (κ2) is 14.5. The van der Waals surface area contributed by atoms with Crippen molar-refractivity contribution in [2.45, 2.75) is 57.0 Å². The fourth-order valence-electron chi connectivity index (χ4n) is 3.14. The van der Waals surface area contributed by atoms with E-state index in [0.29, 0.717) is 30.3 Å². The van der Waals surface area contributed by atoms with Crippen LogP contribution in [0.4, 0.5) is 46.9 Å². The van der Waals surface area contributed by atoms with Gasteiger partial charge in [-0.3, -0.25) is 14.4 Å². The number of hydrogen-bond donors (Lipinski definition) is 2. The molecule has 0 spiro atoms. The maximum atomic E-state index is 13.6. The summed E-state index contributed by atoms with van der Waals surface area (Å²) in [6.45, 7) is 4.26. The topological polar surface area (TPSA) is 122 Å². The van der Waals surface area contributed by atoms with E-state index < -0.39 is 56.3 Å². The highest BCUT2D eigenvalue weighted by Crippen LogP contribution is 2.39. The van der Waals surface area contributed by atoms with Crippen LogP contribution in [0.25, 0.3) is 0 Å². The van der Waals surface area contributed by atoms with E-state index in [-0.39, 0.29) is 42.3 Å². The van der Waals surface area contributed by atoms with Gasteiger partial charge in [0.2, 0.25) is 5.60 Å². The van der Waals surface area contributed by atoms with Crippen molar-refractivity contribution in [2.75, 3.05) is 22.8 Å². The molecule has 2 aromatic carbocycles. The molecule has 44 heavy (non-hydrogen) atoms. The predicted octanol–water partition coefficient (Wildman–Crippen LogP) is 6.69. The lowest BCUT2D eigenvalue weighted by atomic mass is 10.1. The maximum absolute atomic E-state index is 13.6. The number of carboxylic acids is 1. The SMILES string of the molecule is C#C.CC(C)(OC(=O)Nc1ccc2c(c1)N(S(=O)(=O)c1ccc(F)c(C(F)(F)F)c1)CCO2)C(F)(F)F.CC[C@H](C)C(=O)O. The Labute approximate surface area is 249 Å². The van der Waals surface area contributed by atoms with E-state index >= 15 is 0 Å². The molecule has 1 amide bonds. The van der Waals surface area contributed by atoms with Crippen LogP contribution in [0.2, 0.25) is 0 Å². The largest absolute Gasteiger partial charge is 0.489 e. The number of fused-ring (bicyclic) bond motifs is 1. The molecule has 0 unspecified atom stereocenters. The van der Waals surface area contributed by atoms with Crippen molar-refractivity contribution in [2.24, 2.45) is 5.92 Å². The molecule has 2 N–H and O–H groups in total. The summed E-state index contributed by atoms with van der Waals surface area (Å²) >= 11 is 0. The molecule has 1 aliphatic rings. The van der Waals surface area contributed by atoms with Crippen LogP contribution in [0.1, 0.15) is 39.7 Å². The molecule has 2 aromatic rings. The van der Waals surface area contributed by atoms with Gasteiger partial charge in [-0.2, -0.15) is 26.3 Å². The zero-order valence-corrected chi connectivity index (χ0v) is 24.5. The zero-order valence-electron chi connectivity index (χ0n) is 23.7. The first kappa shape index (κ1) is 37.8. The molecule has 0 radical (unpaired) electrons. The second-order valence-electron chi connectivity index (χ2n) is 9.42. The number of rotatable bonds is 6. The fraction of sp³-hybridized carbons (Fsp3) is 0.407. The number of sulfonamides is 1. The third kappa shape index (κ3) is 9.40. The smallest absolute Gasteiger partial charge is 0.427 e. The Morgan fingerprint density at radius 3 is 2.16 bits per heavy atom. The molecule has 0 aromatic heterocycles. The van der Waals surface area contributed by atoms with Gasteiger partial charge in [0.15, 0.2) is 0 Å². The summed E-state index contributed by atoms with van der Waals surface area (Å²) in [5, 5.41) is 10.2. The van der Waals surface area contributed by atoms with E-state index in [1.165, 1.54) is 12.1 Å². The van der Waals surface area contributed by atoms with Crippen molar-refractivity contribution in [1.29, 1.82) is 0 Å². The van der Waals surface area contributed by atoms with Gasteiger partial charge in [-0.05, 0) is 56.7 Å². The number of nitrogens with zero attached hydrogens (tertiary/aromatic N) is 1. The number of carbonyl (C=O) groups excluding carboxylic acids is 1. The molecule has 0 bridgehead atoms. The quantitative estimate of drug-likeness (QED) is 0.262. The van der Waals surface area contributed by atoms with E-state index in [4.69, 9.17) is 9.84 Å². The van der Waals surface area contributed by atoms with Gasteiger partial charge in [-0.1, -0.05) is 13.8 Å². The first-order chi connectivity index (χ1) is 20.1. The molecule has 3 rings (SSSR count). The summed E-state index contributed by atoms with van der Waals surface area (Å²) in [5.41, 5.74) is -5.02. The molecular weight excluding hydrogens is 629 g/mol. The molecule has 0 saturated carbocycles. The number of carboxylic acid groups (broad SMARTS) is 1. The Balaban J connectivity index is 0.000000945. The number of anilines is 2. The summed E-state index contributed by atoms with van der Waals surface area (Å²) in [4.78, 5) is 21.0. The number of nitrogens with one attached hydrogen (secondary N) is 1. The van der Waals surface area contributed by atoms with Gasteiger partial charge >= 0.3 is 24.4 Å². The van der Waals surface area contributed by atoms with Gasteiger partial charge in [0.05, 0.1) is 28.6 Å². The van der Waals surface area contributed by atoms with Crippen LogP contribution in [0.3, 0.4) is 0 Å². The standard InChI is InChI=1S/C20H17F7N2O5S.C5H10O2.C2H2/c1-18(2,20(25,26)27)34-17(30)28-11-3-6-16-15(9-11)29(7-8-33-16)35(31,32)12-4-5-14(21)13(10-12)19(22,23)24;1-3-4(2)5(6)7;1-2/h3-6,9-10H,7-8H2,1-2H3,(H,28,30);4H,3H2,1-2H3,(H,6,7);1-2H/t;4-;/m.0./s1. The second-order valence-corrected chi connectivity index (χ2v) is 11.3. The summed E-state index contributed by atoms with van der Waals surface area (Å²) < 4.78 is 128. The minimum atomic E-state index is -5.15. The molecule has 244 valence electrons. The molecule has 17 heteroatoms. The highest BCUT2D eigenvalue weighted by molar-refractivity contribution is 7.92. The zero-order chi connectivity index (χ0) is 34.3. The van der Waals surface area contributed by atoms with E-state index in [1.807, 2.05) is 12.2 Å². The Kier molecular flexibility index (Phi) is 12.5. The van der Waals surface area contributed by atoms with Crippen molar-refractivity contribution in [3.8, 4) is 18.6 Å². The lowest BCUT2D eigenvalue weighted by Gasteiger charge is -2.31. The van der Waals surface area contributed by atoms with E-state index in [2.05, 4.69) is 17.6 Å². The van der Waals surface area contributed by atoms with Crippen LogP contribution in [0, 0.1) is 24.6 Å². The average Bonchev–Trinajstić information content (AvgIpc) is 2.92. The monoisotopic (exact) mass is 658 g/mol. The molecule has 1 heterocycles. The number of amides is 1. The Hall–Kier alpha value is -4.20. The van der Waals surface area contributed by atoms with Crippen molar-refractivity contribution < 1.29 is 63.3 Å². The summed E-state index contributed by atoms with van der Waals surface area (Å²) in [6.07, 6.45) is -2.80. The Morgan fingerprint density at radius 2 is 1.68 bits per heavy atom. The lowest BCUT2D eigenvalue weighted by molar-refractivity contribution is -0.242. The molecular formula is C27H29F7N2O7S. The van der Waals surface area contributed by atoms with Crippen LogP contribution in [-0.4, -0.2) is 50.5 Å². The maximum Gasteiger partial charge on any atom is 0.427 e. The predicted molar refractivity (Wildman–Crippen MR) is 145 cm³/mol. The van der Waals surface area contributed by atoms with Crippen LogP contribution in [0.5, 0.6) is 5.75 Å². The number of hydrogen-bond acceptors (Lipinski definition) is 6. The number of halogens is 7. The van der Waals surface area contributed by atoms with Crippen LogP contribution < -0.4 is 14.4 Å². The minimum Gasteiger partial charge on any atom is -0.489 e. The minimum absolute atomic E-state index is 0.0347. The molecule has 0 fully saturated rings. The number of ether oxygens (including phenoxy) is 2. The molecule has 0 saturated heterocycles. The van der Waals surface area contributed by atoms with Crippen molar-refractivity contribution in [1.82, 2.24) is 0 Å². The van der Waals surface area contributed by atoms with E-state index in [0.717, 1.165) is 12.5 Å². The fourth-order valence-corrected chi connectivity index (χ4v) is 4.62. The van der Waals surface area contributed by atoms with Gasteiger partial charge in [0.1, 0.15) is 18.2 Å². The van der Waals surface area contributed by atoms with Gasteiger partial charge in [-0.25, -0.2) is 17.6 Å². The third-order valence-corrected chi connectivity index (χ3v) is 7.73. The first-order valence-electron chi connectivity index (χ1n) is 12.4. The van der Waals surface area contributed by atoms with Crippen LogP contribution in [-0.2, 0) is 25.7 Å². The number of benzene rings is 2. The van der Waals surface area contributed by atoms with Crippen molar-refractivity contribution in [3.63, 3.8) is 0 Å². The molecule has 9 nitrogen and oxygen atoms in total. The Morgan fingerprint density at radius 1 is 1.09 bits per heavy atom. The van der Waals surface area contributed by atoms with Gasteiger partial charge < -0.3 is 14.6 Å². The molecule has 1 atom stereocenters. The van der Waals surface area contributed by atoms with Gasteiger partial charge in [0.25, 0.3) is 10.0 Å².